The molecule has 0 bridgehead atoms. The SMILES string of the molecule is c1ccc(-c2nc(-c3ccc(-c4ccc(-c5ccc6oc7ccccc7c6c5)cc4)cc3)cc(-c3ccc(-c4cc5ccccc5c5ccccc45)cc3)n2)cc1. The summed E-state index contributed by atoms with van der Waals surface area (Å²) in [5.74, 6) is 0.703. The zero-order valence-corrected chi connectivity index (χ0v) is 30.9. The molecule has 0 aliphatic rings. The molecule has 0 aliphatic carbocycles. The van der Waals surface area contributed by atoms with Crippen LogP contribution in [0.25, 0.3) is 111 Å². The lowest BCUT2D eigenvalue weighted by atomic mass is 9.92. The highest BCUT2D eigenvalue weighted by Gasteiger charge is 2.14. The van der Waals surface area contributed by atoms with Gasteiger partial charge in [0.1, 0.15) is 11.2 Å². The summed E-state index contributed by atoms with van der Waals surface area (Å²) in [4.78, 5) is 10.2. The van der Waals surface area contributed by atoms with Crippen molar-refractivity contribution in [1.82, 2.24) is 9.97 Å². The molecule has 0 radical (unpaired) electrons. The van der Waals surface area contributed by atoms with E-state index in [9.17, 15) is 0 Å². The van der Waals surface area contributed by atoms with E-state index in [4.69, 9.17) is 14.4 Å². The van der Waals surface area contributed by atoms with E-state index in [-0.39, 0.29) is 0 Å². The molecule has 9 aromatic carbocycles. The van der Waals surface area contributed by atoms with Crippen molar-refractivity contribution in [2.45, 2.75) is 0 Å². The average Bonchev–Trinajstić information content (AvgIpc) is 3.67. The van der Waals surface area contributed by atoms with E-state index in [1.165, 1.54) is 43.8 Å². The fourth-order valence-corrected chi connectivity index (χ4v) is 8.17. The molecule has 0 atom stereocenters. The van der Waals surface area contributed by atoms with Crippen LogP contribution in [0, 0.1) is 0 Å². The third-order valence-electron chi connectivity index (χ3n) is 11.1. The number of para-hydroxylation sites is 1. The molecule has 0 spiro atoms. The Hall–Kier alpha value is -7.62. The fraction of sp³-hybridized carbons (Fsp3) is 0. The lowest BCUT2D eigenvalue weighted by molar-refractivity contribution is 0.669. The van der Waals surface area contributed by atoms with Gasteiger partial charge in [0.25, 0.3) is 0 Å². The molecule has 0 N–H and O–H groups in total. The number of fused-ring (bicyclic) bond motifs is 6. The maximum absolute atomic E-state index is 6.05. The van der Waals surface area contributed by atoms with Crippen molar-refractivity contribution in [3.8, 4) is 67.3 Å². The first-order valence-electron chi connectivity index (χ1n) is 19.3. The predicted octanol–water partition coefficient (Wildman–Crippen LogP) is 14.7. The van der Waals surface area contributed by atoms with Crippen molar-refractivity contribution in [3.05, 3.63) is 206 Å². The zero-order chi connectivity index (χ0) is 37.7. The van der Waals surface area contributed by atoms with Gasteiger partial charge in [-0.1, -0.05) is 176 Å². The highest BCUT2D eigenvalue weighted by molar-refractivity contribution is 6.13. The molecular formula is C54H34N2O. The minimum atomic E-state index is 0.703. The van der Waals surface area contributed by atoms with Crippen LogP contribution in [0.2, 0.25) is 0 Å². The minimum absolute atomic E-state index is 0.703. The van der Waals surface area contributed by atoms with Crippen molar-refractivity contribution in [2.75, 3.05) is 0 Å². The van der Waals surface area contributed by atoms with E-state index in [1.54, 1.807) is 0 Å². The molecular weight excluding hydrogens is 693 g/mol. The smallest absolute Gasteiger partial charge is 0.160 e. The average molecular weight is 727 g/mol. The number of rotatable bonds is 6. The second kappa shape index (κ2) is 13.6. The molecule has 11 rings (SSSR count). The van der Waals surface area contributed by atoms with Gasteiger partial charge in [0.2, 0.25) is 0 Å². The summed E-state index contributed by atoms with van der Waals surface area (Å²) in [5.41, 5.74) is 13.7. The first kappa shape index (κ1) is 32.8. The van der Waals surface area contributed by atoms with Crippen LogP contribution in [0.1, 0.15) is 0 Å². The van der Waals surface area contributed by atoms with Crippen LogP contribution in [0.15, 0.2) is 211 Å². The van der Waals surface area contributed by atoms with E-state index in [0.29, 0.717) is 5.82 Å². The van der Waals surface area contributed by atoms with E-state index in [2.05, 4.69) is 176 Å². The van der Waals surface area contributed by atoms with Gasteiger partial charge in [-0.25, -0.2) is 9.97 Å². The normalized spacial score (nSPS) is 11.5. The summed E-state index contributed by atoms with van der Waals surface area (Å²) in [6.07, 6.45) is 0. The Morgan fingerprint density at radius 2 is 0.772 bits per heavy atom. The second-order valence-corrected chi connectivity index (χ2v) is 14.6. The van der Waals surface area contributed by atoms with Gasteiger partial charge in [0.15, 0.2) is 5.82 Å². The Kier molecular flexibility index (Phi) is 7.82. The van der Waals surface area contributed by atoms with Crippen LogP contribution in [0.5, 0.6) is 0 Å². The first-order valence-corrected chi connectivity index (χ1v) is 19.3. The number of hydrogen-bond donors (Lipinski definition) is 0. The third-order valence-corrected chi connectivity index (χ3v) is 11.1. The van der Waals surface area contributed by atoms with Crippen molar-refractivity contribution in [2.24, 2.45) is 0 Å². The lowest BCUT2D eigenvalue weighted by Gasteiger charge is -2.13. The molecule has 0 fully saturated rings. The van der Waals surface area contributed by atoms with Gasteiger partial charge in [-0.15, -0.1) is 0 Å². The van der Waals surface area contributed by atoms with Crippen molar-refractivity contribution in [3.63, 3.8) is 0 Å². The monoisotopic (exact) mass is 726 g/mol. The molecule has 0 amide bonds. The van der Waals surface area contributed by atoms with Crippen LogP contribution in [0.4, 0.5) is 0 Å². The Balaban J connectivity index is 0.914. The van der Waals surface area contributed by atoms with E-state index in [0.717, 1.165) is 61.1 Å². The molecule has 0 unspecified atom stereocenters. The van der Waals surface area contributed by atoms with Crippen molar-refractivity contribution in [1.29, 1.82) is 0 Å². The van der Waals surface area contributed by atoms with Gasteiger partial charge < -0.3 is 4.42 Å². The summed E-state index contributed by atoms with van der Waals surface area (Å²) in [6.45, 7) is 0. The minimum Gasteiger partial charge on any atom is -0.456 e. The molecule has 2 aromatic heterocycles. The Morgan fingerprint density at radius 1 is 0.281 bits per heavy atom. The third kappa shape index (κ3) is 5.94. The number of nitrogens with zero attached hydrogens (tertiary/aromatic N) is 2. The van der Waals surface area contributed by atoms with Crippen molar-refractivity contribution < 1.29 is 4.42 Å². The largest absolute Gasteiger partial charge is 0.456 e. The van der Waals surface area contributed by atoms with E-state index in [1.807, 2.05) is 30.3 Å². The molecule has 0 saturated carbocycles. The van der Waals surface area contributed by atoms with Crippen LogP contribution >= 0.6 is 0 Å². The highest BCUT2D eigenvalue weighted by atomic mass is 16.3. The summed E-state index contributed by atoms with van der Waals surface area (Å²) in [5, 5.41) is 7.31. The molecule has 3 nitrogen and oxygen atoms in total. The standard InChI is InChI=1S/C54H34N2O/c1-2-10-41(11-3-1)54-55-50(34-51(56-54)40-28-24-38(25-29-40)48-33-43-12-4-5-13-44(43)45-14-6-7-15-46(45)48)39-26-22-36(23-27-39)35-18-20-37(21-19-35)42-30-31-53-49(32-42)47-16-8-9-17-52(47)57-53/h1-34H. The second-order valence-electron chi connectivity index (χ2n) is 14.6. The molecule has 0 aliphatic heterocycles. The predicted molar refractivity (Wildman–Crippen MR) is 237 cm³/mol. The Labute approximate surface area is 330 Å². The number of benzene rings is 9. The number of aromatic nitrogens is 2. The molecule has 0 saturated heterocycles. The van der Waals surface area contributed by atoms with Gasteiger partial charge in [0, 0.05) is 27.5 Å². The van der Waals surface area contributed by atoms with E-state index < -0.39 is 0 Å². The maximum Gasteiger partial charge on any atom is 0.160 e. The molecule has 2 heterocycles. The van der Waals surface area contributed by atoms with Gasteiger partial charge in [-0.2, -0.15) is 0 Å². The number of furan rings is 1. The van der Waals surface area contributed by atoms with Gasteiger partial charge in [-0.3, -0.25) is 0 Å². The van der Waals surface area contributed by atoms with Crippen molar-refractivity contribution >= 4 is 43.5 Å². The molecule has 266 valence electrons. The van der Waals surface area contributed by atoms with Crippen LogP contribution in [-0.4, -0.2) is 9.97 Å². The van der Waals surface area contributed by atoms with Gasteiger partial charge in [-0.05, 0) is 85.3 Å². The van der Waals surface area contributed by atoms with Crippen LogP contribution in [-0.2, 0) is 0 Å². The van der Waals surface area contributed by atoms with Gasteiger partial charge >= 0.3 is 0 Å². The zero-order valence-electron chi connectivity index (χ0n) is 30.9. The highest BCUT2D eigenvalue weighted by Crippen LogP contribution is 2.37. The summed E-state index contributed by atoms with van der Waals surface area (Å²) in [6, 6.07) is 72.9. The summed E-state index contributed by atoms with van der Waals surface area (Å²) in [7, 11) is 0. The Bertz CT molecular complexity index is 3250. The van der Waals surface area contributed by atoms with E-state index >= 15 is 0 Å². The Morgan fingerprint density at radius 3 is 1.46 bits per heavy atom. The summed E-state index contributed by atoms with van der Waals surface area (Å²) >= 11 is 0. The van der Waals surface area contributed by atoms with Crippen LogP contribution in [0.3, 0.4) is 0 Å². The molecule has 57 heavy (non-hydrogen) atoms. The van der Waals surface area contributed by atoms with Gasteiger partial charge in [0.05, 0.1) is 11.4 Å². The quantitative estimate of drug-likeness (QED) is 0.160. The molecule has 11 aromatic rings. The summed E-state index contributed by atoms with van der Waals surface area (Å²) < 4.78 is 6.05. The topological polar surface area (TPSA) is 38.9 Å². The lowest BCUT2D eigenvalue weighted by Crippen LogP contribution is -1.96. The molecule has 3 heteroatoms. The number of hydrogen-bond acceptors (Lipinski definition) is 3. The maximum atomic E-state index is 6.05. The first-order chi connectivity index (χ1) is 28.2. The fourth-order valence-electron chi connectivity index (χ4n) is 8.17. The van der Waals surface area contributed by atoms with Crippen LogP contribution < -0.4 is 0 Å².